The summed E-state index contributed by atoms with van der Waals surface area (Å²) in [5.41, 5.74) is 3.92. The number of halogens is 1. The summed E-state index contributed by atoms with van der Waals surface area (Å²) in [6.07, 6.45) is 1.06. The molecule has 0 spiro atoms. The third-order valence-electron chi connectivity index (χ3n) is 4.92. The van der Waals surface area contributed by atoms with Gasteiger partial charge in [0, 0.05) is 43.5 Å². The summed E-state index contributed by atoms with van der Waals surface area (Å²) in [6, 6.07) is 15.8. The Hall–Kier alpha value is -2.67. The molecule has 1 amide bonds. The molecule has 29 heavy (non-hydrogen) atoms. The summed E-state index contributed by atoms with van der Waals surface area (Å²) >= 11 is 3.44. The van der Waals surface area contributed by atoms with Crippen molar-refractivity contribution in [1.82, 2.24) is 5.01 Å². The van der Waals surface area contributed by atoms with E-state index in [-0.39, 0.29) is 24.8 Å². The van der Waals surface area contributed by atoms with Crippen LogP contribution in [0, 0.1) is 0 Å². The van der Waals surface area contributed by atoms with Crippen LogP contribution in [0.25, 0.3) is 0 Å². The molecule has 152 valence electrons. The fourth-order valence-corrected chi connectivity index (χ4v) is 3.58. The molecule has 0 unspecified atom stereocenters. The van der Waals surface area contributed by atoms with Gasteiger partial charge in [-0.2, -0.15) is 5.10 Å². The predicted molar refractivity (Wildman–Crippen MR) is 117 cm³/mol. The maximum atomic E-state index is 12.8. The molecule has 0 saturated heterocycles. The van der Waals surface area contributed by atoms with Crippen molar-refractivity contribution in [1.29, 1.82) is 0 Å². The zero-order valence-electron chi connectivity index (χ0n) is 16.5. The Labute approximate surface area is 179 Å². The molecule has 1 aliphatic heterocycles. The lowest BCUT2D eigenvalue weighted by molar-refractivity contribution is -0.137. The number of hydrogen-bond donors (Lipinski definition) is 1. The van der Waals surface area contributed by atoms with Gasteiger partial charge >= 0.3 is 5.97 Å². The summed E-state index contributed by atoms with van der Waals surface area (Å²) in [4.78, 5) is 25.6. The van der Waals surface area contributed by atoms with Gasteiger partial charge < -0.3 is 10.0 Å². The van der Waals surface area contributed by atoms with Crippen LogP contribution in [0.4, 0.5) is 5.69 Å². The Balaban J connectivity index is 1.85. The molecule has 6 nitrogen and oxygen atoms in total. The molecule has 0 fully saturated rings. The van der Waals surface area contributed by atoms with E-state index in [0.717, 1.165) is 27.0 Å². The summed E-state index contributed by atoms with van der Waals surface area (Å²) in [6.45, 7) is 0. The Morgan fingerprint density at radius 2 is 1.76 bits per heavy atom. The zero-order chi connectivity index (χ0) is 21.0. The van der Waals surface area contributed by atoms with Crippen molar-refractivity contribution in [2.45, 2.75) is 31.7 Å². The molecular formula is C22H24BrN3O3. The Morgan fingerprint density at radius 1 is 1.10 bits per heavy atom. The lowest BCUT2D eigenvalue weighted by Crippen LogP contribution is -2.27. The van der Waals surface area contributed by atoms with E-state index in [1.807, 2.05) is 67.5 Å². The Kier molecular flexibility index (Phi) is 6.69. The largest absolute Gasteiger partial charge is 0.481 e. The lowest BCUT2D eigenvalue weighted by Gasteiger charge is -2.23. The smallest absolute Gasteiger partial charge is 0.303 e. The SMILES string of the molecule is CN(C)c1ccc([C@@H]2CC(c3ccc(Br)cc3)=NN2C(=O)CCCC(=O)O)cc1. The number of carboxylic acid groups (broad SMARTS) is 1. The molecule has 7 heteroatoms. The van der Waals surface area contributed by atoms with Crippen LogP contribution in [0.3, 0.4) is 0 Å². The van der Waals surface area contributed by atoms with Gasteiger partial charge in [-0.25, -0.2) is 5.01 Å². The zero-order valence-corrected chi connectivity index (χ0v) is 18.1. The normalized spacial score (nSPS) is 15.9. The predicted octanol–water partition coefficient (Wildman–Crippen LogP) is 4.45. The maximum Gasteiger partial charge on any atom is 0.303 e. The van der Waals surface area contributed by atoms with Crippen LogP contribution in [0.15, 0.2) is 58.1 Å². The highest BCUT2D eigenvalue weighted by molar-refractivity contribution is 9.10. The van der Waals surface area contributed by atoms with E-state index in [2.05, 4.69) is 21.0 Å². The monoisotopic (exact) mass is 457 g/mol. The highest BCUT2D eigenvalue weighted by Gasteiger charge is 2.32. The van der Waals surface area contributed by atoms with Gasteiger partial charge in [-0.05, 0) is 41.8 Å². The van der Waals surface area contributed by atoms with E-state index in [0.29, 0.717) is 12.8 Å². The molecule has 0 radical (unpaired) electrons. The third-order valence-corrected chi connectivity index (χ3v) is 5.45. The van der Waals surface area contributed by atoms with Crippen molar-refractivity contribution in [2.75, 3.05) is 19.0 Å². The number of benzene rings is 2. The standard InChI is InChI=1S/C22H24BrN3O3/c1-25(2)18-12-8-16(9-13-18)20-14-19(15-6-10-17(23)11-7-15)24-26(20)21(27)4-3-5-22(28)29/h6-13,20H,3-5,14H2,1-2H3,(H,28,29)/t20-/m0/s1. The molecule has 0 aliphatic carbocycles. The second kappa shape index (κ2) is 9.22. The molecule has 0 aromatic heterocycles. The van der Waals surface area contributed by atoms with E-state index in [1.54, 1.807) is 0 Å². The van der Waals surface area contributed by atoms with Gasteiger partial charge in [-0.15, -0.1) is 0 Å². The van der Waals surface area contributed by atoms with E-state index >= 15 is 0 Å². The number of hydrogen-bond acceptors (Lipinski definition) is 4. The Bertz CT molecular complexity index is 908. The first kappa shape index (κ1) is 21.0. The van der Waals surface area contributed by atoms with Crippen LogP contribution in [-0.2, 0) is 9.59 Å². The van der Waals surface area contributed by atoms with Crippen LogP contribution in [-0.4, -0.2) is 41.8 Å². The Morgan fingerprint density at radius 3 is 2.34 bits per heavy atom. The van der Waals surface area contributed by atoms with Crippen LogP contribution < -0.4 is 4.90 Å². The van der Waals surface area contributed by atoms with Crippen LogP contribution in [0.5, 0.6) is 0 Å². The molecule has 0 saturated carbocycles. The molecule has 0 bridgehead atoms. The number of aliphatic carboxylic acids is 1. The van der Waals surface area contributed by atoms with E-state index < -0.39 is 5.97 Å². The number of amides is 1. The highest BCUT2D eigenvalue weighted by atomic mass is 79.9. The number of carbonyl (C=O) groups excluding carboxylic acids is 1. The first-order valence-electron chi connectivity index (χ1n) is 9.49. The number of carboxylic acids is 1. The van der Waals surface area contributed by atoms with Crippen LogP contribution in [0.1, 0.15) is 42.9 Å². The number of anilines is 1. The highest BCUT2D eigenvalue weighted by Crippen LogP contribution is 2.34. The first-order chi connectivity index (χ1) is 13.8. The van der Waals surface area contributed by atoms with Crippen molar-refractivity contribution in [3.05, 3.63) is 64.1 Å². The fraction of sp³-hybridized carbons (Fsp3) is 0.318. The summed E-state index contributed by atoms with van der Waals surface area (Å²) in [5.74, 6) is -1.05. The van der Waals surface area contributed by atoms with Crippen molar-refractivity contribution in [2.24, 2.45) is 5.10 Å². The minimum absolute atomic E-state index is 0.0228. The maximum absolute atomic E-state index is 12.8. The van der Waals surface area contributed by atoms with Gasteiger partial charge in [0.25, 0.3) is 0 Å². The molecule has 2 aromatic carbocycles. The van der Waals surface area contributed by atoms with Crippen molar-refractivity contribution >= 4 is 39.2 Å². The van der Waals surface area contributed by atoms with Gasteiger partial charge in [-0.1, -0.05) is 40.2 Å². The van der Waals surface area contributed by atoms with Gasteiger partial charge in [0.1, 0.15) is 0 Å². The number of hydrazone groups is 1. The van der Waals surface area contributed by atoms with Gasteiger partial charge in [0.2, 0.25) is 5.91 Å². The van der Waals surface area contributed by atoms with E-state index in [9.17, 15) is 9.59 Å². The van der Waals surface area contributed by atoms with Gasteiger partial charge in [0.05, 0.1) is 11.8 Å². The molecule has 3 rings (SSSR count). The molecule has 2 aromatic rings. The average Bonchev–Trinajstić information content (AvgIpc) is 3.14. The minimum Gasteiger partial charge on any atom is -0.481 e. The third kappa shape index (κ3) is 5.23. The van der Waals surface area contributed by atoms with E-state index in [1.165, 1.54) is 5.01 Å². The van der Waals surface area contributed by atoms with Crippen LogP contribution >= 0.6 is 15.9 Å². The van der Waals surface area contributed by atoms with Gasteiger partial charge in [0.15, 0.2) is 0 Å². The number of rotatable bonds is 7. The topological polar surface area (TPSA) is 73.2 Å². The lowest BCUT2D eigenvalue weighted by atomic mass is 9.98. The second-order valence-corrected chi connectivity index (χ2v) is 8.16. The second-order valence-electron chi connectivity index (χ2n) is 7.25. The van der Waals surface area contributed by atoms with Crippen molar-refractivity contribution < 1.29 is 14.7 Å². The average molecular weight is 458 g/mol. The van der Waals surface area contributed by atoms with Crippen molar-refractivity contribution in [3.63, 3.8) is 0 Å². The van der Waals surface area contributed by atoms with E-state index in [4.69, 9.17) is 5.11 Å². The number of nitrogens with zero attached hydrogens (tertiary/aromatic N) is 3. The molecule has 1 aliphatic rings. The first-order valence-corrected chi connectivity index (χ1v) is 10.3. The fourth-order valence-electron chi connectivity index (χ4n) is 3.32. The summed E-state index contributed by atoms with van der Waals surface area (Å²) < 4.78 is 0.984. The molecule has 1 N–H and O–H groups in total. The quantitative estimate of drug-likeness (QED) is 0.666. The van der Waals surface area contributed by atoms with Crippen molar-refractivity contribution in [3.8, 4) is 0 Å². The molecular weight excluding hydrogens is 434 g/mol. The molecule has 1 heterocycles. The molecule has 1 atom stereocenters. The number of carbonyl (C=O) groups is 2. The summed E-state index contributed by atoms with van der Waals surface area (Å²) in [7, 11) is 3.97. The van der Waals surface area contributed by atoms with Gasteiger partial charge in [-0.3, -0.25) is 9.59 Å². The van der Waals surface area contributed by atoms with Crippen LogP contribution in [0.2, 0.25) is 0 Å². The minimum atomic E-state index is -0.894. The summed E-state index contributed by atoms with van der Waals surface area (Å²) in [5, 5.41) is 15.0.